The summed E-state index contributed by atoms with van der Waals surface area (Å²) < 4.78 is 13.4. The maximum atomic E-state index is 13.4. The fourth-order valence-corrected chi connectivity index (χ4v) is 1.57. The van der Waals surface area contributed by atoms with Gasteiger partial charge in [0, 0.05) is 17.3 Å². The lowest BCUT2D eigenvalue weighted by Crippen LogP contribution is -1.88. The number of hydrogen-bond donors (Lipinski definition) is 0. The number of carbonyl (C=O) groups is 1. The third-order valence-electron chi connectivity index (χ3n) is 2.21. The van der Waals surface area contributed by atoms with Gasteiger partial charge in [0.25, 0.3) is 0 Å². The number of aldehydes is 1. The smallest absolute Gasteiger partial charge is 0.151 e. The molecule has 0 N–H and O–H groups in total. The summed E-state index contributed by atoms with van der Waals surface area (Å²) in [5.41, 5.74) is 1.34. The van der Waals surface area contributed by atoms with E-state index in [1.54, 1.807) is 24.3 Å². The van der Waals surface area contributed by atoms with Crippen LogP contribution in [0.4, 0.5) is 4.39 Å². The van der Waals surface area contributed by atoms with Gasteiger partial charge in [0.1, 0.15) is 5.82 Å². The van der Waals surface area contributed by atoms with Gasteiger partial charge in [0.15, 0.2) is 6.29 Å². The molecule has 0 aliphatic heterocycles. The third kappa shape index (κ3) is 1.95. The van der Waals surface area contributed by atoms with E-state index < -0.39 is 5.82 Å². The summed E-state index contributed by atoms with van der Waals surface area (Å²) in [7, 11) is 0. The summed E-state index contributed by atoms with van der Waals surface area (Å²) in [6.07, 6.45) is 3.27. The Hall–Kier alpha value is -1.74. The van der Waals surface area contributed by atoms with Crippen molar-refractivity contribution in [2.45, 2.75) is 0 Å². The highest BCUT2D eigenvalue weighted by atomic mass is 35.5. The Morgan fingerprint density at radius 2 is 2.12 bits per heavy atom. The summed E-state index contributed by atoms with van der Waals surface area (Å²) in [6.45, 7) is 0. The molecule has 80 valence electrons. The van der Waals surface area contributed by atoms with Crippen molar-refractivity contribution in [2.75, 3.05) is 0 Å². The molecule has 0 saturated heterocycles. The van der Waals surface area contributed by atoms with Gasteiger partial charge in [-0.1, -0.05) is 17.7 Å². The van der Waals surface area contributed by atoms with Crippen LogP contribution >= 0.6 is 11.6 Å². The molecule has 0 bridgehead atoms. The van der Waals surface area contributed by atoms with E-state index in [1.807, 2.05) is 0 Å². The lowest BCUT2D eigenvalue weighted by Gasteiger charge is -2.04. The molecular formula is C12H7ClFNO. The predicted octanol–water partition coefficient (Wildman–Crippen LogP) is 3.35. The minimum atomic E-state index is -0.429. The van der Waals surface area contributed by atoms with Crippen molar-refractivity contribution in [1.82, 2.24) is 4.98 Å². The van der Waals surface area contributed by atoms with Crippen molar-refractivity contribution in [3.8, 4) is 11.1 Å². The van der Waals surface area contributed by atoms with Crippen molar-refractivity contribution in [3.63, 3.8) is 0 Å². The van der Waals surface area contributed by atoms with Gasteiger partial charge >= 0.3 is 0 Å². The highest BCUT2D eigenvalue weighted by molar-refractivity contribution is 6.33. The Morgan fingerprint density at radius 3 is 2.81 bits per heavy atom. The fourth-order valence-electron chi connectivity index (χ4n) is 1.41. The molecule has 1 heterocycles. The quantitative estimate of drug-likeness (QED) is 0.747. The zero-order chi connectivity index (χ0) is 11.5. The molecule has 2 rings (SSSR count). The highest BCUT2D eigenvalue weighted by Crippen LogP contribution is 2.25. The van der Waals surface area contributed by atoms with E-state index in [0.717, 1.165) is 6.20 Å². The zero-order valence-electron chi connectivity index (χ0n) is 8.15. The Bertz CT molecular complexity index is 542. The van der Waals surface area contributed by atoms with Crippen LogP contribution in [-0.4, -0.2) is 11.3 Å². The first-order chi connectivity index (χ1) is 7.72. The summed E-state index contributed by atoms with van der Waals surface area (Å²) in [5, 5.41) is 0.355. The van der Waals surface area contributed by atoms with Crippen LogP contribution in [-0.2, 0) is 0 Å². The molecule has 0 fully saturated rings. The fraction of sp³-hybridized carbons (Fsp3) is 0. The van der Waals surface area contributed by atoms with Gasteiger partial charge in [-0.25, -0.2) is 4.39 Å². The molecular weight excluding hydrogens is 229 g/mol. The molecule has 0 atom stereocenters. The molecule has 2 nitrogen and oxygen atoms in total. The van der Waals surface area contributed by atoms with Gasteiger partial charge in [-0.2, -0.15) is 0 Å². The van der Waals surface area contributed by atoms with Crippen LogP contribution in [0, 0.1) is 5.82 Å². The van der Waals surface area contributed by atoms with E-state index in [2.05, 4.69) is 4.98 Å². The van der Waals surface area contributed by atoms with Crippen LogP contribution in [0.1, 0.15) is 10.4 Å². The summed E-state index contributed by atoms with van der Waals surface area (Å²) in [4.78, 5) is 14.4. The number of pyridine rings is 1. The monoisotopic (exact) mass is 235 g/mol. The Labute approximate surface area is 96.7 Å². The number of nitrogens with zero attached hydrogens (tertiary/aromatic N) is 1. The molecule has 0 aliphatic rings. The minimum absolute atomic E-state index is 0.343. The molecule has 2 aromatic rings. The van der Waals surface area contributed by atoms with Crippen LogP contribution in [0.2, 0.25) is 5.02 Å². The van der Waals surface area contributed by atoms with Crippen LogP contribution in [0.5, 0.6) is 0 Å². The topological polar surface area (TPSA) is 30.0 Å². The molecule has 0 spiro atoms. The second-order valence-electron chi connectivity index (χ2n) is 3.21. The van der Waals surface area contributed by atoms with Gasteiger partial charge in [-0.05, 0) is 23.8 Å². The van der Waals surface area contributed by atoms with Gasteiger partial charge in [-0.3, -0.25) is 9.78 Å². The van der Waals surface area contributed by atoms with Gasteiger partial charge in [0.05, 0.1) is 11.2 Å². The number of rotatable bonds is 2. The number of halogens is 2. The molecule has 4 heteroatoms. The zero-order valence-corrected chi connectivity index (χ0v) is 8.91. The normalized spacial score (nSPS) is 10.1. The Kier molecular flexibility index (Phi) is 2.97. The lowest BCUT2D eigenvalue weighted by molar-refractivity contribution is 0.112. The van der Waals surface area contributed by atoms with Gasteiger partial charge in [-0.15, -0.1) is 0 Å². The number of benzene rings is 1. The van der Waals surface area contributed by atoms with Crippen LogP contribution in [0.15, 0.2) is 36.7 Å². The van der Waals surface area contributed by atoms with E-state index in [0.29, 0.717) is 28.0 Å². The maximum absolute atomic E-state index is 13.4. The standard InChI is InChI=1S/C12H7ClFNO/c13-11-2-1-8(5-9(11)7-16)10-3-4-15-6-12(10)14/h1-7H. The van der Waals surface area contributed by atoms with E-state index >= 15 is 0 Å². The lowest BCUT2D eigenvalue weighted by atomic mass is 10.0. The first-order valence-electron chi connectivity index (χ1n) is 4.57. The summed E-state index contributed by atoms with van der Waals surface area (Å²) in [5.74, 6) is -0.429. The molecule has 0 aliphatic carbocycles. The van der Waals surface area contributed by atoms with Crippen LogP contribution in [0.3, 0.4) is 0 Å². The van der Waals surface area contributed by atoms with Crippen LogP contribution in [0.25, 0.3) is 11.1 Å². The molecule has 1 aromatic heterocycles. The van der Waals surface area contributed by atoms with Crippen molar-refractivity contribution in [1.29, 1.82) is 0 Å². The van der Waals surface area contributed by atoms with Gasteiger partial charge < -0.3 is 0 Å². The van der Waals surface area contributed by atoms with Crippen LogP contribution < -0.4 is 0 Å². The van der Waals surface area contributed by atoms with E-state index in [-0.39, 0.29) is 0 Å². The summed E-state index contributed by atoms with van der Waals surface area (Å²) in [6, 6.07) is 6.33. The number of carbonyl (C=O) groups excluding carboxylic acids is 1. The average molecular weight is 236 g/mol. The first kappa shape index (κ1) is 10.8. The molecule has 0 amide bonds. The number of hydrogen-bond acceptors (Lipinski definition) is 2. The predicted molar refractivity (Wildman–Crippen MR) is 60.0 cm³/mol. The third-order valence-corrected chi connectivity index (χ3v) is 2.55. The summed E-state index contributed by atoms with van der Waals surface area (Å²) >= 11 is 5.79. The minimum Gasteiger partial charge on any atom is -0.298 e. The van der Waals surface area contributed by atoms with E-state index in [4.69, 9.17) is 11.6 Å². The van der Waals surface area contributed by atoms with Crippen molar-refractivity contribution < 1.29 is 9.18 Å². The number of aromatic nitrogens is 1. The molecule has 16 heavy (non-hydrogen) atoms. The molecule has 0 radical (unpaired) electrons. The second kappa shape index (κ2) is 4.41. The molecule has 1 aromatic carbocycles. The Morgan fingerprint density at radius 1 is 1.31 bits per heavy atom. The first-order valence-corrected chi connectivity index (χ1v) is 4.95. The van der Waals surface area contributed by atoms with Crippen molar-refractivity contribution in [3.05, 3.63) is 53.1 Å². The average Bonchev–Trinajstić information content (AvgIpc) is 2.31. The van der Waals surface area contributed by atoms with Crippen molar-refractivity contribution in [2.24, 2.45) is 0 Å². The Balaban J connectivity index is 2.57. The van der Waals surface area contributed by atoms with E-state index in [1.165, 1.54) is 6.20 Å². The molecule has 0 saturated carbocycles. The van der Waals surface area contributed by atoms with Crippen molar-refractivity contribution >= 4 is 17.9 Å². The van der Waals surface area contributed by atoms with E-state index in [9.17, 15) is 9.18 Å². The van der Waals surface area contributed by atoms with Gasteiger partial charge in [0.2, 0.25) is 0 Å². The highest BCUT2D eigenvalue weighted by Gasteiger charge is 2.07. The second-order valence-corrected chi connectivity index (χ2v) is 3.62. The maximum Gasteiger partial charge on any atom is 0.151 e. The largest absolute Gasteiger partial charge is 0.298 e. The SMILES string of the molecule is O=Cc1cc(-c2ccncc2F)ccc1Cl. The molecule has 0 unspecified atom stereocenters.